The summed E-state index contributed by atoms with van der Waals surface area (Å²) in [7, 11) is 0. The number of carboxylic acid groups (broad SMARTS) is 1. The summed E-state index contributed by atoms with van der Waals surface area (Å²) in [6, 6.07) is 5.50. The van der Waals surface area contributed by atoms with Gasteiger partial charge in [-0.3, -0.25) is 9.59 Å². The molecule has 0 saturated heterocycles. The number of hydrogen-bond acceptors (Lipinski definition) is 7. The van der Waals surface area contributed by atoms with Crippen molar-refractivity contribution >= 4 is 40.6 Å². The van der Waals surface area contributed by atoms with E-state index in [1.807, 2.05) is 11.4 Å². The standard InChI is InChI=1S/C15H14N4O4S2/c20-10-6-11(25-5-3-9-2-1-4-24-9)19-14(17-8-18-19)13(10)15(23)16-7-12(21)22/h1-2,4,6,8,20H,3,5,7H2,(H,16,23)(H,21,22). The highest BCUT2D eigenvalue weighted by molar-refractivity contribution is 7.99. The molecule has 0 radical (unpaired) electrons. The van der Waals surface area contributed by atoms with E-state index in [0.717, 1.165) is 12.2 Å². The Labute approximate surface area is 150 Å². The van der Waals surface area contributed by atoms with E-state index in [1.54, 1.807) is 11.3 Å². The van der Waals surface area contributed by atoms with E-state index in [4.69, 9.17) is 5.11 Å². The second-order valence-corrected chi connectivity index (χ2v) is 7.14. The van der Waals surface area contributed by atoms with Gasteiger partial charge in [-0.05, 0) is 17.9 Å². The second kappa shape index (κ2) is 7.53. The number of fused-ring (bicyclic) bond motifs is 1. The van der Waals surface area contributed by atoms with Crippen LogP contribution in [0, 0.1) is 0 Å². The van der Waals surface area contributed by atoms with Gasteiger partial charge in [-0.25, -0.2) is 9.50 Å². The van der Waals surface area contributed by atoms with Gasteiger partial charge in [-0.1, -0.05) is 6.07 Å². The number of aromatic hydroxyl groups is 1. The van der Waals surface area contributed by atoms with Crippen LogP contribution in [0.4, 0.5) is 0 Å². The lowest BCUT2D eigenvalue weighted by Gasteiger charge is -2.10. The molecule has 3 aromatic rings. The van der Waals surface area contributed by atoms with Crippen molar-refractivity contribution in [1.29, 1.82) is 0 Å². The third-order valence-corrected chi connectivity index (χ3v) is 5.23. The molecule has 3 heterocycles. The van der Waals surface area contributed by atoms with E-state index in [0.29, 0.717) is 5.03 Å². The molecule has 0 bridgehead atoms. The summed E-state index contributed by atoms with van der Waals surface area (Å²) in [5.41, 5.74) is 0.0860. The molecule has 130 valence electrons. The minimum absolute atomic E-state index is 0.0960. The Morgan fingerprint density at radius 2 is 2.24 bits per heavy atom. The molecule has 0 unspecified atom stereocenters. The van der Waals surface area contributed by atoms with Gasteiger partial charge in [-0.15, -0.1) is 23.1 Å². The number of aryl methyl sites for hydroxylation is 1. The van der Waals surface area contributed by atoms with Crippen LogP contribution in [0.25, 0.3) is 5.65 Å². The number of thiophene rings is 1. The van der Waals surface area contributed by atoms with Crippen LogP contribution >= 0.6 is 23.1 Å². The van der Waals surface area contributed by atoms with Crippen molar-refractivity contribution in [2.45, 2.75) is 11.4 Å². The smallest absolute Gasteiger partial charge is 0.322 e. The zero-order valence-electron chi connectivity index (χ0n) is 12.9. The number of nitrogens with one attached hydrogen (secondary N) is 1. The highest BCUT2D eigenvalue weighted by atomic mass is 32.2. The Bertz CT molecular complexity index is 908. The van der Waals surface area contributed by atoms with Crippen LogP contribution in [0.1, 0.15) is 15.2 Å². The second-order valence-electron chi connectivity index (χ2n) is 4.99. The molecule has 0 aliphatic heterocycles. The fourth-order valence-corrected chi connectivity index (χ4v) is 4.03. The number of hydrogen-bond donors (Lipinski definition) is 3. The Balaban J connectivity index is 1.82. The highest BCUT2D eigenvalue weighted by Crippen LogP contribution is 2.29. The topological polar surface area (TPSA) is 117 Å². The molecular formula is C15H14N4O4S2. The predicted molar refractivity (Wildman–Crippen MR) is 93.4 cm³/mol. The van der Waals surface area contributed by atoms with Gasteiger partial charge in [0.2, 0.25) is 0 Å². The van der Waals surface area contributed by atoms with Gasteiger partial charge < -0.3 is 15.5 Å². The number of pyridine rings is 1. The first-order chi connectivity index (χ1) is 12.1. The average molecular weight is 378 g/mol. The Morgan fingerprint density at radius 3 is 2.96 bits per heavy atom. The molecule has 0 spiro atoms. The van der Waals surface area contributed by atoms with Crippen LogP contribution in [0.3, 0.4) is 0 Å². The zero-order valence-corrected chi connectivity index (χ0v) is 14.5. The number of thioether (sulfide) groups is 1. The van der Waals surface area contributed by atoms with E-state index in [-0.39, 0.29) is 17.0 Å². The molecule has 3 aromatic heterocycles. The normalized spacial score (nSPS) is 10.9. The number of rotatable bonds is 7. The lowest BCUT2D eigenvalue weighted by Crippen LogP contribution is -2.29. The molecular weight excluding hydrogens is 364 g/mol. The van der Waals surface area contributed by atoms with E-state index >= 15 is 0 Å². The summed E-state index contributed by atoms with van der Waals surface area (Å²) < 4.78 is 1.47. The number of aromatic nitrogens is 3. The van der Waals surface area contributed by atoms with Gasteiger partial charge in [0.05, 0.1) is 0 Å². The first-order valence-electron chi connectivity index (χ1n) is 7.27. The van der Waals surface area contributed by atoms with Crippen molar-refractivity contribution < 1.29 is 19.8 Å². The zero-order chi connectivity index (χ0) is 17.8. The van der Waals surface area contributed by atoms with Crippen LogP contribution in [0.2, 0.25) is 0 Å². The molecule has 25 heavy (non-hydrogen) atoms. The van der Waals surface area contributed by atoms with E-state index < -0.39 is 18.4 Å². The molecule has 0 aliphatic rings. The highest BCUT2D eigenvalue weighted by Gasteiger charge is 2.21. The molecule has 0 aromatic carbocycles. The number of nitrogens with zero attached hydrogens (tertiary/aromatic N) is 3. The number of amides is 1. The summed E-state index contributed by atoms with van der Waals surface area (Å²) in [4.78, 5) is 28.0. The van der Waals surface area contributed by atoms with Crippen molar-refractivity contribution in [2.24, 2.45) is 0 Å². The molecule has 3 N–H and O–H groups in total. The lowest BCUT2D eigenvalue weighted by atomic mass is 10.2. The van der Waals surface area contributed by atoms with Crippen molar-refractivity contribution in [1.82, 2.24) is 19.9 Å². The van der Waals surface area contributed by atoms with Crippen molar-refractivity contribution in [3.8, 4) is 5.75 Å². The first-order valence-corrected chi connectivity index (χ1v) is 9.13. The molecule has 0 atom stereocenters. The quantitative estimate of drug-likeness (QED) is 0.535. The molecule has 1 amide bonds. The number of carboxylic acids is 1. The molecule has 0 aliphatic carbocycles. The van der Waals surface area contributed by atoms with Gasteiger partial charge in [0, 0.05) is 16.7 Å². The van der Waals surface area contributed by atoms with E-state index in [1.165, 1.54) is 33.5 Å². The monoisotopic (exact) mass is 378 g/mol. The van der Waals surface area contributed by atoms with Crippen LogP contribution < -0.4 is 5.32 Å². The maximum atomic E-state index is 12.1. The third kappa shape index (κ3) is 3.91. The number of carbonyl (C=O) groups is 2. The Morgan fingerprint density at radius 1 is 1.40 bits per heavy atom. The fourth-order valence-electron chi connectivity index (χ4n) is 2.21. The summed E-state index contributed by atoms with van der Waals surface area (Å²) in [6.45, 7) is -0.546. The summed E-state index contributed by atoms with van der Waals surface area (Å²) >= 11 is 3.17. The van der Waals surface area contributed by atoms with Gasteiger partial charge in [0.25, 0.3) is 5.91 Å². The minimum Gasteiger partial charge on any atom is -0.507 e. The first kappa shape index (κ1) is 17.2. The fraction of sp³-hybridized carbons (Fsp3) is 0.200. The average Bonchev–Trinajstić information content (AvgIpc) is 3.24. The predicted octanol–water partition coefficient (Wildman–Crippen LogP) is 1.65. The summed E-state index contributed by atoms with van der Waals surface area (Å²) in [5.74, 6) is -1.37. The largest absolute Gasteiger partial charge is 0.507 e. The molecule has 0 fully saturated rings. The Hall–Kier alpha value is -2.59. The van der Waals surface area contributed by atoms with Crippen molar-refractivity contribution in [3.63, 3.8) is 0 Å². The minimum atomic E-state index is -1.17. The van der Waals surface area contributed by atoms with Crippen LogP contribution in [0.15, 0.2) is 34.9 Å². The van der Waals surface area contributed by atoms with Gasteiger partial charge in [0.1, 0.15) is 29.2 Å². The Kier molecular flexibility index (Phi) is 5.19. The van der Waals surface area contributed by atoms with Crippen molar-refractivity contribution in [3.05, 3.63) is 40.3 Å². The SMILES string of the molecule is O=C(O)CNC(=O)c1c(O)cc(SCCc2cccs2)n2ncnc12. The number of carbonyl (C=O) groups excluding carboxylic acids is 1. The lowest BCUT2D eigenvalue weighted by molar-refractivity contribution is -0.135. The third-order valence-electron chi connectivity index (χ3n) is 3.30. The van der Waals surface area contributed by atoms with Gasteiger partial charge >= 0.3 is 5.97 Å². The molecule has 10 heteroatoms. The van der Waals surface area contributed by atoms with Crippen LogP contribution in [0.5, 0.6) is 5.75 Å². The van der Waals surface area contributed by atoms with Gasteiger partial charge in [0.15, 0.2) is 5.65 Å². The molecule has 0 saturated carbocycles. The van der Waals surface area contributed by atoms with Gasteiger partial charge in [-0.2, -0.15) is 5.10 Å². The van der Waals surface area contributed by atoms with Crippen molar-refractivity contribution in [2.75, 3.05) is 12.3 Å². The van der Waals surface area contributed by atoms with Crippen LogP contribution in [-0.4, -0.2) is 49.0 Å². The molecule has 8 nitrogen and oxygen atoms in total. The molecule has 3 rings (SSSR count). The number of aliphatic carboxylic acids is 1. The van der Waals surface area contributed by atoms with E-state index in [2.05, 4.69) is 21.5 Å². The maximum absolute atomic E-state index is 12.1. The summed E-state index contributed by atoms with van der Waals surface area (Å²) in [6.07, 6.45) is 2.16. The van der Waals surface area contributed by atoms with E-state index in [9.17, 15) is 14.7 Å². The summed E-state index contributed by atoms with van der Waals surface area (Å²) in [5, 5.41) is 27.9. The van der Waals surface area contributed by atoms with Crippen LogP contribution in [-0.2, 0) is 11.2 Å². The maximum Gasteiger partial charge on any atom is 0.322 e.